The van der Waals surface area contributed by atoms with E-state index in [4.69, 9.17) is 18.9 Å². The summed E-state index contributed by atoms with van der Waals surface area (Å²) in [5.41, 5.74) is 3.26. The van der Waals surface area contributed by atoms with Crippen LogP contribution < -0.4 is 18.9 Å². The van der Waals surface area contributed by atoms with Crippen LogP contribution in [-0.4, -0.2) is 107 Å². The van der Waals surface area contributed by atoms with Crippen LogP contribution in [0.1, 0.15) is 38.8 Å². The van der Waals surface area contributed by atoms with Gasteiger partial charge < -0.3 is 28.7 Å². The van der Waals surface area contributed by atoms with Crippen molar-refractivity contribution in [3.05, 3.63) is 58.7 Å². The highest BCUT2D eigenvalue weighted by Gasteiger charge is 2.24. The summed E-state index contributed by atoms with van der Waals surface area (Å²) in [4.78, 5) is 20.3. The zero-order valence-electron chi connectivity index (χ0n) is 26.6. The van der Waals surface area contributed by atoms with Crippen LogP contribution >= 0.6 is 0 Å². The van der Waals surface area contributed by atoms with Crippen molar-refractivity contribution in [2.45, 2.75) is 27.7 Å². The summed E-state index contributed by atoms with van der Waals surface area (Å²) < 4.78 is 23.2. The molecular formula is C34H49N3O5. The Bertz CT molecular complexity index is 1130. The maximum absolute atomic E-state index is 13.6. The third kappa shape index (κ3) is 9.34. The van der Waals surface area contributed by atoms with Crippen molar-refractivity contribution in [2.75, 3.05) is 86.8 Å². The normalized spacial score (nSPS) is 16.1. The molecule has 0 radical (unpaired) electrons. The molecule has 0 aliphatic carbocycles. The number of carbonyl (C=O) groups is 1. The van der Waals surface area contributed by atoms with E-state index >= 15 is 0 Å². The maximum atomic E-state index is 13.6. The van der Waals surface area contributed by atoms with Crippen molar-refractivity contribution in [3.8, 4) is 23.0 Å². The molecule has 1 heterocycles. The summed E-state index contributed by atoms with van der Waals surface area (Å²) in [5, 5.41) is 0. The van der Waals surface area contributed by atoms with Gasteiger partial charge in [0.2, 0.25) is 0 Å². The molecule has 1 aliphatic heterocycles. The lowest BCUT2D eigenvalue weighted by Gasteiger charge is -2.26. The minimum Gasteiger partial charge on any atom is -0.493 e. The Labute approximate surface area is 252 Å². The fraction of sp³-hybridized carbons (Fsp3) is 0.500. The second-order valence-electron chi connectivity index (χ2n) is 10.4. The molecule has 3 rings (SSSR count). The Morgan fingerprint density at radius 1 is 0.690 bits per heavy atom. The Morgan fingerprint density at radius 3 is 1.45 bits per heavy atom. The molecule has 2 aromatic carbocycles. The van der Waals surface area contributed by atoms with Crippen LogP contribution in [-0.2, 0) is 4.79 Å². The van der Waals surface area contributed by atoms with Gasteiger partial charge in [-0.1, -0.05) is 39.8 Å². The highest BCUT2D eigenvalue weighted by atomic mass is 16.5. The van der Waals surface area contributed by atoms with Crippen molar-refractivity contribution in [2.24, 2.45) is 0 Å². The van der Waals surface area contributed by atoms with Gasteiger partial charge in [0.05, 0.1) is 14.2 Å². The zero-order valence-corrected chi connectivity index (χ0v) is 26.6. The Kier molecular flexibility index (Phi) is 13.4. The van der Waals surface area contributed by atoms with Gasteiger partial charge in [0.15, 0.2) is 28.8 Å². The van der Waals surface area contributed by atoms with E-state index in [1.54, 1.807) is 14.2 Å². The summed E-state index contributed by atoms with van der Waals surface area (Å²) in [6.45, 7) is 16.6. The number of likely N-dealkylation sites (N-methyl/N-ethyl adjacent to an activating group) is 3. The first-order valence-corrected chi connectivity index (χ1v) is 15.1. The highest BCUT2D eigenvalue weighted by Crippen LogP contribution is 2.31. The van der Waals surface area contributed by atoms with E-state index in [0.717, 1.165) is 61.5 Å². The van der Waals surface area contributed by atoms with Gasteiger partial charge in [0.25, 0.3) is 0 Å². The number of ether oxygens (including phenoxy) is 4. The van der Waals surface area contributed by atoms with Crippen LogP contribution in [0.15, 0.2) is 47.5 Å². The number of hydrogen-bond donors (Lipinski definition) is 0. The average Bonchev–Trinajstić information content (AvgIpc) is 3.00. The first-order valence-electron chi connectivity index (χ1n) is 15.1. The standard InChI is InChI=1S/C34H49N3O5/c1-8-36(9-2)16-18-41-30-14-12-26(22-32(30)39-6)20-28-24-35(5)25-29(34(28)38)21-27-13-15-31(33(23-27)40-7)42-19-17-37(10-3)11-4/h12-15,20-23H,8-11,16-19,24-25H2,1-7H3/b28-20+,29-21+. The first kappa shape index (κ1) is 33.2. The topological polar surface area (TPSA) is 63.7 Å². The summed E-state index contributed by atoms with van der Waals surface area (Å²) in [6.07, 6.45) is 3.89. The predicted octanol–water partition coefficient (Wildman–Crippen LogP) is 5.13. The van der Waals surface area contributed by atoms with E-state index in [-0.39, 0.29) is 5.78 Å². The Morgan fingerprint density at radius 2 is 1.10 bits per heavy atom. The third-order valence-corrected chi connectivity index (χ3v) is 7.64. The number of ketones is 1. The number of hydrogen-bond acceptors (Lipinski definition) is 8. The molecular weight excluding hydrogens is 530 g/mol. The van der Waals surface area contributed by atoms with Gasteiger partial charge in [-0.05, 0) is 80.8 Å². The van der Waals surface area contributed by atoms with E-state index in [1.807, 2.05) is 55.6 Å². The number of nitrogens with zero attached hydrogens (tertiary/aromatic N) is 3. The smallest absolute Gasteiger partial charge is 0.187 e. The SMILES string of the molecule is CCN(CC)CCOc1ccc(/C=C2\CN(C)C/C(=C\c3ccc(OCCN(CC)CC)c(OC)c3)C2=O)cc1OC. The monoisotopic (exact) mass is 579 g/mol. The Hall–Kier alpha value is -3.33. The van der Waals surface area contributed by atoms with E-state index in [9.17, 15) is 4.79 Å². The minimum atomic E-state index is 0.0464. The summed E-state index contributed by atoms with van der Waals surface area (Å²) in [6, 6.07) is 11.6. The Balaban J connectivity index is 1.75. The van der Waals surface area contributed by atoms with Gasteiger partial charge in [-0.2, -0.15) is 0 Å². The number of piperidine rings is 1. The van der Waals surface area contributed by atoms with E-state index in [1.165, 1.54) is 0 Å². The van der Waals surface area contributed by atoms with Crippen molar-refractivity contribution in [1.82, 2.24) is 14.7 Å². The largest absolute Gasteiger partial charge is 0.493 e. The average molecular weight is 580 g/mol. The number of Topliss-reactive ketones (excluding diaryl/α,β-unsaturated/α-hetero) is 1. The quantitative estimate of drug-likeness (QED) is 0.254. The molecule has 1 fully saturated rings. The van der Waals surface area contributed by atoms with Gasteiger partial charge in [0.1, 0.15) is 13.2 Å². The second kappa shape index (κ2) is 16.9. The van der Waals surface area contributed by atoms with Gasteiger partial charge in [0, 0.05) is 37.3 Å². The van der Waals surface area contributed by atoms with Crippen LogP contribution in [0.3, 0.4) is 0 Å². The van der Waals surface area contributed by atoms with Gasteiger partial charge >= 0.3 is 0 Å². The van der Waals surface area contributed by atoms with E-state index in [0.29, 0.717) is 49.3 Å². The lowest BCUT2D eigenvalue weighted by atomic mass is 9.94. The first-order chi connectivity index (χ1) is 20.3. The van der Waals surface area contributed by atoms with Crippen molar-refractivity contribution < 1.29 is 23.7 Å². The maximum Gasteiger partial charge on any atom is 0.187 e. The molecule has 0 saturated carbocycles. The van der Waals surface area contributed by atoms with Gasteiger partial charge in [-0.25, -0.2) is 0 Å². The number of benzene rings is 2. The number of likely N-dealkylation sites (tertiary alicyclic amines) is 1. The molecule has 230 valence electrons. The molecule has 0 bridgehead atoms. The number of carbonyl (C=O) groups excluding carboxylic acids is 1. The van der Waals surface area contributed by atoms with Gasteiger partial charge in [-0.15, -0.1) is 0 Å². The van der Waals surface area contributed by atoms with Crippen molar-refractivity contribution in [3.63, 3.8) is 0 Å². The van der Waals surface area contributed by atoms with Crippen LogP contribution in [0.2, 0.25) is 0 Å². The zero-order chi connectivity index (χ0) is 30.5. The molecule has 0 unspecified atom stereocenters. The van der Waals surface area contributed by atoms with Crippen LogP contribution in [0.5, 0.6) is 23.0 Å². The summed E-state index contributed by atoms with van der Waals surface area (Å²) in [7, 11) is 5.30. The molecule has 0 aromatic heterocycles. The molecule has 0 N–H and O–H groups in total. The molecule has 0 amide bonds. The van der Waals surface area contributed by atoms with E-state index < -0.39 is 0 Å². The molecule has 8 nitrogen and oxygen atoms in total. The lowest BCUT2D eigenvalue weighted by molar-refractivity contribution is -0.113. The molecule has 42 heavy (non-hydrogen) atoms. The molecule has 1 saturated heterocycles. The molecule has 0 spiro atoms. The minimum absolute atomic E-state index is 0.0464. The van der Waals surface area contributed by atoms with Crippen LogP contribution in [0, 0.1) is 0 Å². The molecule has 0 atom stereocenters. The van der Waals surface area contributed by atoms with Crippen LogP contribution in [0.4, 0.5) is 0 Å². The second-order valence-corrected chi connectivity index (χ2v) is 10.4. The van der Waals surface area contributed by atoms with Crippen LogP contribution in [0.25, 0.3) is 12.2 Å². The highest BCUT2D eigenvalue weighted by molar-refractivity contribution is 6.14. The molecule has 8 heteroatoms. The third-order valence-electron chi connectivity index (χ3n) is 7.64. The van der Waals surface area contributed by atoms with Crippen molar-refractivity contribution >= 4 is 17.9 Å². The number of methoxy groups -OCH3 is 2. The predicted molar refractivity (Wildman–Crippen MR) is 171 cm³/mol. The van der Waals surface area contributed by atoms with Gasteiger partial charge in [-0.3, -0.25) is 9.69 Å². The van der Waals surface area contributed by atoms with Crippen molar-refractivity contribution in [1.29, 1.82) is 0 Å². The molecule has 2 aromatic rings. The summed E-state index contributed by atoms with van der Waals surface area (Å²) in [5.74, 6) is 2.76. The fourth-order valence-electron chi connectivity index (χ4n) is 5.05. The molecule has 1 aliphatic rings. The van der Waals surface area contributed by atoms with E-state index in [2.05, 4.69) is 42.4 Å². The fourth-order valence-corrected chi connectivity index (χ4v) is 5.05. The number of rotatable bonds is 16. The lowest BCUT2D eigenvalue weighted by Crippen LogP contribution is -2.34. The summed E-state index contributed by atoms with van der Waals surface area (Å²) >= 11 is 0.